The van der Waals surface area contributed by atoms with Crippen LogP contribution in [0.2, 0.25) is 0 Å². The monoisotopic (exact) mass is 332 g/mol. The predicted octanol–water partition coefficient (Wildman–Crippen LogP) is 3.71. The van der Waals surface area contributed by atoms with Crippen LogP contribution in [0.5, 0.6) is 0 Å². The summed E-state index contributed by atoms with van der Waals surface area (Å²) in [7, 11) is 0. The zero-order chi connectivity index (χ0) is 17.5. The molecule has 1 amide bonds. The topological polar surface area (TPSA) is 66.9 Å². The standard InChI is InChI=1S/C20H20N4O/c1-2-16-10-6-7-11-17(16)24-19-12-18(22-14-23-19)20(25)21-13-15-8-4-3-5-9-15/h3-12,14H,2,13H2,1H3,(H,21,25)(H,22,23,24). The van der Waals surface area contributed by atoms with Crippen molar-refractivity contribution < 1.29 is 4.79 Å². The first-order chi connectivity index (χ1) is 12.3. The Morgan fingerprint density at radius 1 is 1.00 bits per heavy atom. The summed E-state index contributed by atoms with van der Waals surface area (Å²) in [5.41, 5.74) is 3.55. The molecule has 0 aliphatic heterocycles. The summed E-state index contributed by atoms with van der Waals surface area (Å²) in [6, 6.07) is 19.5. The predicted molar refractivity (Wildman–Crippen MR) is 98.7 cm³/mol. The van der Waals surface area contributed by atoms with Gasteiger partial charge in [-0.15, -0.1) is 0 Å². The molecule has 0 saturated heterocycles. The molecule has 0 aliphatic carbocycles. The Labute approximate surface area is 147 Å². The van der Waals surface area contributed by atoms with Crippen molar-refractivity contribution in [1.82, 2.24) is 15.3 Å². The number of nitrogens with zero attached hydrogens (tertiary/aromatic N) is 2. The Morgan fingerprint density at radius 3 is 2.56 bits per heavy atom. The van der Waals surface area contributed by atoms with Crippen LogP contribution in [0.1, 0.15) is 28.5 Å². The lowest BCUT2D eigenvalue weighted by Gasteiger charge is -2.11. The highest BCUT2D eigenvalue weighted by atomic mass is 16.1. The molecule has 5 heteroatoms. The van der Waals surface area contributed by atoms with E-state index in [1.54, 1.807) is 6.07 Å². The van der Waals surface area contributed by atoms with Crippen molar-refractivity contribution in [2.75, 3.05) is 5.32 Å². The molecule has 0 radical (unpaired) electrons. The number of anilines is 2. The number of hydrogen-bond acceptors (Lipinski definition) is 4. The lowest BCUT2D eigenvalue weighted by molar-refractivity contribution is 0.0946. The number of benzene rings is 2. The third-order valence-corrected chi connectivity index (χ3v) is 3.86. The van der Waals surface area contributed by atoms with Gasteiger partial charge in [0.05, 0.1) is 0 Å². The van der Waals surface area contributed by atoms with Crippen molar-refractivity contribution in [2.24, 2.45) is 0 Å². The molecule has 5 nitrogen and oxygen atoms in total. The van der Waals surface area contributed by atoms with Crippen LogP contribution in [0.15, 0.2) is 67.0 Å². The lowest BCUT2D eigenvalue weighted by Crippen LogP contribution is -2.24. The van der Waals surface area contributed by atoms with Gasteiger partial charge in [-0.2, -0.15) is 0 Å². The second kappa shape index (κ2) is 8.06. The van der Waals surface area contributed by atoms with Gasteiger partial charge < -0.3 is 10.6 Å². The number of aromatic nitrogens is 2. The summed E-state index contributed by atoms with van der Waals surface area (Å²) in [6.07, 6.45) is 2.31. The first-order valence-corrected chi connectivity index (χ1v) is 8.25. The maximum atomic E-state index is 12.3. The second-order valence-electron chi connectivity index (χ2n) is 5.59. The first-order valence-electron chi connectivity index (χ1n) is 8.25. The normalized spacial score (nSPS) is 10.3. The molecule has 25 heavy (non-hydrogen) atoms. The molecular formula is C20H20N4O. The first kappa shape index (κ1) is 16.6. The maximum absolute atomic E-state index is 12.3. The van der Waals surface area contributed by atoms with E-state index in [0.29, 0.717) is 18.1 Å². The number of rotatable bonds is 6. The Hall–Kier alpha value is -3.21. The molecule has 3 rings (SSSR count). The van der Waals surface area contributed by atoms with Crippen molar-refractivity contribution in [3.8, 4) is 0 Å². The van der Waals surface area contributed by atoms with Gasteiger partial charge in [-0.3, -0.25) is 4.79 Å². The van der Waals surface area contributed by atoms with E-state index in [1.165, 1.54) is 11.9 Å². The maximum Gasteiger partial charge on any atom is 0.270 e. The fourth-order valence-electron chi connectivity index (χ4n) is 2.51. The summed E-state index contributed by atoms with van der Waals surface area (Å²) < 4.78 is 0. The molecule has 0 fully saturated rings. The van der Waals surface area contributed by atoms with Gasteiger partial charge >= 0.3 is 0 Å². The smallest absolute Gasteiger partial charge is 0.270 e. The molecule has 3 aromatic rings. The van der Waals surface area contributed by atoms with Gasteiger partial charge in [-0.05, 0) is 23.6 Å². The van der Waals surface area contributed by atoms with E-state index in [9.17, 15) is 4.79 Å². The van der Waals surface area contributed by atoms with Crippen LogP contribution in [0, 0.1) is 0 Å². The highest BCUT2D eigenvalue weighted by Gasteiger charge is 2.09. The fraction of sp³-hybridized carbons (Fsp3) is 0.150. The average molecular weight is 332 g/mol. The molecule has 1 aromatic heterocycles. The quantitative estimate of drug-likeness (QED) is 0.722. The van der Waals surface area contributed by atoms with Crippen LogP contribution in [0.25, 0.3) is 0 Å². The average Bonchev–Trinajstić information content (AvgIpc) is 2.67. The molecule has 1 heterocycles. The molecule has 2 aromatic carbocycles. The molecule has 126 valence electrons. The van der Waals surface area contributed by atoms with Crippen LogP contribution in [0.3, 0.4) is 0 Å². The molecule has 2 N–H and O–H groups in total. The number of carbonyl (C=O) groups excluding carboxylic acids is 1. The van der Waals surface area contributed by atoms with Gasteiger partial charge in [-0.1, -0.05) is 55.5 Å². The van der Waals surface area contributed by atoms with E-state index in [4.69, 9.17) is 0 Å². The van der Waals surface area contributed by atoms with Crippen LogP contribution < -0.4 is 10.6 Å². The van der Waals surface area contributed by atoms with E-state index in [2.05, 4.69) is 33.6 Å². The van der Waals surface area contributed by atoms with Gasteiger partial charge in [0.2, 0.25) is 0 Å². The Bertz CT molecular complexity index is 849. The van der Waals surface area contributed by atoms with E-state index in [1.807, 2.05) is 48.5 Å². The van der Waals surface area contributed by atoms with Crippen molar-refractivity contribution in [3.63, 3.8) is 0 Å². The minimum Gasteiger partial charge on any atom is -0.347 e. The van der Waals surface area contributed by atoms with Gasteiger partial charge in [0.15, 0.2) is 0 Å². The molecular weight excluding hydrogens is 312 g/mol. The van der Waals surface area contributed by atoms with Crippen molar-refractivity contribution in [2.45, 2.75) is 19.9 Å². The van der Waals surface area contributed by atoms with E-state index in [0.717, 1.165) is 17.7 Å². The van der Waals surface area contributed by atoms with Gasteiger partial charge in [0, 0.05) is 18.3 Å². The largest absolute Gasteiger partial charge is 0.347 e. The van der Waals surface area contributed by atoms with Gasteiger partial charge in [0.25, 0.3) is 5.91 Å². The second-order valence-corrected chi connectivity index (χ2v) is 5.59. The lowest BCUT2D eigenvalue weighted by atomic mass is 10.1. The zero-order valence-corrected chi connectivity index (χ0v) is 14.1. The van der Waals surface area contributed by atoms with Crippen molar-refractivity contribution in [3.05, 3.63) is 83.8 Å². The van der Waals surface area contributed by atoms with Crippen LogP contribution in [-0.2, 0) is 13.0 Å². The zero-order valence-electron chi connectivity index (χ0n) is 14.1. The number of para-hydroxylation sites is 1. The Balaban J connectivity index is 1.69. The summed E-state index contributed by atoms with van der Waals surface area (Å²) in [5.74, 6) is 0.374. The minimum atomic E-state index is -0.224. The Morgan fingerprint density at radius 2 is 1.76 bits per heavy atom. The van der Waals surface area contributed by atoms with Crippen molar-refractivity contribution >= 4 is 17.4 Å². The number of hydrogen-bond donors (Lipinski definition) is 2. The van der Waals surface area contributed by atoms with E-state index >= 15 is 0 Å². The summed E-state index contributed by atoms with van der Waals surface area (Å²) >= 11 is 0. The summed E-state index contributed by atoms with van der Waals surface area (Å²) in [5, 5.41) is 6.13. The molecule has 0 saturated carbocycles. The SMILES string of the molecule is CCc1ccccc1Nc1cc(C(=O)NCc2ccccc2)ncn1. The number of amides is 1. The van der Waals surface area contributed by atoms with Crippen LogP contribution in [0.4, 0.5) is 11.5 Å². The highest BCUT2D eigenvalue weighted by molar-refractivity contribution is 5.92. The third kappa shape index (κ3) is 4.41. The molecule has 0 unspecified atom stereocenters. The summed E-state index contributed by atoms with van der Waals surface area (Å²) in [4.78, 5) is 20.6. The Kier molecular flexibility index (Phi) is 5.36. The van der Waals surface area contributed by atoms with Gasteiger partial charge in [-0.25, -0.2) is 9.97 Å². The molecule has 0 bridgehead atoms. The van der Waals surface area contributed by atoms with E-state index in [-0.39, 0.29) is 5.91 Å². The van der Waals surface area contributed by atoms with Crippen molar-refractivity contribution in [1.29, 1.82) is 0 Å². The van der Waals surface area contributed by atoms with E-state index < -0.39 is 0 Å². The van der Waals surface area contributed by atoms with Crippen LogP contribution >= 0.6 is 0 Å². The highest BCUT2D eigenvalue weighted by Crippen LogP contribution is 2.20. The molecule has 0 spiro atoms. The number of aryl methyl sites for hydroxylation is 1. The summed E-state index contributed by atoms with van der Waals surface area (Å²) in [6.45, 7) is 2.56. The number of nitrogens with one attached hydrogen (secondary N) is 2. The minimum absolute atomic E-state index is 0.224. The van der Waals surface area contributed by atoms with Gasteiger partial charge in [0.1, 0.15) is 17.8 Å². The molecule has 0 aliphatic rings. The third-order valence-electron chi connectivity index (χ3n) is 3.86. The molecule has 0 atom stereocenters. The number of carbonyl (C=O) groups is 1. The fourth-order valence-corrected chi connectivity index (χ4v) is 2.51. The van der Waals surface area contributed by atoms with Crippen LogP contribution in [-0.4, -0.2) is 15.9 Å².